The van der Waals surface area contributed by atoms with Crippen molar-refractivity contribution in [3.05, 3.63) is 0 Å². The minimum Gasteiger partial charge on any atom is -0.378 e. The van der Waals surface area contributed by atoms with Crippen LogP contribution in [0.25, 0.3) is 0 Å². The van der Waals surface area contributed by atoms with Crippen LogP contribution in [0.5, 0.6) is 0 Å². The third-order valence-corrected chi connectivity index (χ3v) is 3.17. The first kappa shape index (κ1) is 12.2. The first-order valence-corrected chi connectivity index (χ1v) is 6.18. The van der Waals surface area contributed by atoms with Gasteiger partial charge in [-0.25, -0.2) is 4.99 Å². The topological polar surface area (TPSA) is 71.2 Å². The lowest BCUT2D eigenvalue weighted by Gasteiger charge is -2.27. The number of nitrogens with two attached hydrogens (primary N) is 1. The molecule has 0 spiro atoms. The van der Waals surface area contributed by atoms with Crippen molar-refractivity contribution in [3.63, 3.8) is 0 Å². The van der Waals surface area contributed by atoms with Gasteiger partial charge in [0.05, 0.1) is 13.2 Å². The molecule has 0 aromatic carbocycles. The Labute approximate surface area is 101 Å². The van der Waals surface area contributed by atoms with E-state index in [-0.39, 0.29) is 12.5 Å². The second-order valence-electron chi connectivity index (χ2n) is 4.36. The van der Waals surface area contributed by atoms with Crippen molar-refractivity contribution < 1.29 is 9.53 Å². The Bertz CT molecular complexity index is 294. The number of hydrogen-bond acceptors (Lipinski definition) is 3. The summed E-state index contributed by atoms with van der Waals surface area (Å²) in [5.74, 6) is 0.541. The first-order chi connectivity index (χ1) is 8.27. The molecule has 96 valence electrons. The van der Waals surface area contributed by atoms with Crippen LogP contribution in [0, 0.1) is 0 Å². The summed E-state index contributed by atoms with van der Waals surface area (Å²) >= 11 is 0. The number of carbonyl (C=O) groups excluding carboxylic acids is 1. The van der Waals surface area contributed by atoms with Gasteiger partial charge in [-0.15, -0.1) is 0 Å². The van der Waals surface area contributed by atoms with Gasteiger partial charge >= 0.3 is 0 Å². The zero-order valence-corrected chi connectivity index (χ0v) is 10.1. The van der Waals surface area contributed by atoms with Crippen molar-refractivity contribution in [2.24, 2.45) is 10.7 Å². The molecule has 2 aliphatic heterocycles. The normalized spacial score (nSPS) is 22.0. The fraction of sp³-hybridized carbons (Fsp3) is 0.818. The predicted octanol–water partition coefficient (Wildman–Crippen LogP) is -0.744. The van der Waals surface area contributed by atoms with E-state index in [1.807, 2.05) is 9.80 Å². The average molecular weight is 240 g/mol. The molecule has 2 heterocycles. The fourth-order valence-corrected chi connectivity index (χ4v) is 2.11. The number of ether oxygens (including phenoxy) is 1. The second kappa shape index (κ2) is 5.86. The minimum absolute atomic E-state index is 0.0821. The van der Waals surface area contributed by atoms with E-state index in [2.05, 4.69) is 4.99 Å². The van der Waals surface area contributed by atoms with Gasteiger partial charge in [-0.05, 0) is 12.8 Å². The molecule has 17 heavy (non-hydrogen) atoms. The highest BCUT2D eigenvalue weighted by atomic mass is 16.5. The number of hydrogen-bond donors (Lipinski definition) is 1. The molecule has 0 saturated carbocycles. The Morgan fingerprint density at radius 3 is 2.41 bits per heavy atom. The number of aliphatic imine (C=N–C) groups is 1. The lowest BCUT2D eigenvalue weighted by molar-refractivity contribution is -0.128. The number of amides is 1. The van der Waals surface area contributed by atoms with Gasteiger partial charge in [0.25, 0.3) is 0 Å². The SMILES string of the molecule is NC(=NCC(=O)N1CCCC1)N1CCOCC1. The van der Waals surface area contributed by atoms with Gasteiger partial charge < -0.3 is 20.3 Å². The molecular formula is C11H20N4O2. The molecule has 0 aromatic rings. The summed E-state index contributed by atoms with van der Waals surface area (Å²) in [6, 6.07) is 0. The lowest BCUT2D eigenvalue weighted by Crippen LogP contribution is -2.45. The zero-order chi connectivity index (χ0) is 12.1. The van der Waals surface area contributed by atoms with Gasteiger partial charge in [-0.3, -0.25) is 4.79 Å². The van der Waals surface area contributed by atoms with Crippen LogP contribution in [-0.4, -0.2) is 67.6 Å². The van der Waals surface area contributed by atoms with Crippen molar-refractivity contribution in [2.75, 3.05) is 45.9 Å². The minimum atomic E-state index is 0.0821. The number of nitrogens with zero attached hydrogens (tertiary/aromatic N) is 3. The van der Waals surface area contributed by atoms with Gasteiger partial charge in [0.15, 0.2) is 5.96 Å². The van der Waals surface area contributed by atoms with Gasteiger partial charge in [-0.2, -0.15) is 0 Å². The van der Waals surface area contributed by atoms with Crippen molar-refractivity contribution >= 4 is 11.9 Å². The molecule has 2 N–H and O–H groups in total. The molecule has 6 nitrogen and oxygen atoms in total. The van der Waals surface area contributed by atoms with Crippen molar-refractivity contribution in [1.29, 1.82) is 0 Å². The summed E-state index contributed by atoms with van der Waals surface area (Å²) in [6.45, 7) is 4.77. The van der Waals surface area contributed by atoms with Crippen molar-refractivity contribution in [3.8, 4) is 0 Å². The molecule has 1 amide bonds. The lowest BCUT2D eigenvalue weighted by atomic mass is 10.4. The van der Waals surface area contributed by atoms with Crippen LogP contribution in [0.3, 0.4) is 0 Å². The maximum Gasteiger partial charge on any atom is 0.244 e. The largest absolute Gasteiger partial charge is 0.378 e. The van der Waals surface area contributed by atoms with Crippen LogP contribution in [0.2, 0.25) is 0 Å². The van der Waals surface area contributed by atoms with Gasteiger partial charge in [0.1, 0.15) is 6.54 Å². The van der Waals surface area contributed by atoms with Crippen LogP contribution in [0.1, 0.15) is 12.8 Å². The van der Waals surface area contributed by atoms with Crippen LogP contribution in [0.15, 0.2) is 4.99 Å². The third kappa shape index (κ3) is 3.33. The highest BCUT2D eigenvalue weighted by Crippen LogP contribution is 2.07. The Kier molecular flexibility index (Phi) is 4.19. The monoisotopic (exact) mass is 240 g/mol. The summed E-state index contributed by atoms with van der Waals surface area (Å²) in [5, 5.41) is 0. The Balaban J connectivity index is 1.79. The van der Waals surface area contributed by atoms with E-state index in [9.17, 15) is 4.79 Å². The number of likely N-dealkylation sites (tertiary alicyclic amines) is 1. The predicted molar refractivity (Wildman–Crippen MR) is 64.7 cm³/mol. The van der Waals surface area contributed by atoms with Crippen LogP contribution in [-0.2, 0) is 9.53 Å². The van der Waals surface area contributed by atoms with Gasteiger partial charge in [-0.1, -0.05) is 0 Å². The quantitative estimate of drug-likeness (QED) is 0.509. The second-order valence-corrected chi connectivity index (χ2v) is 4.36. The van der Waals surface area contributed by atoms with Gasteiger partial charge in [0.2, 0.25) is 5.91 Å². The molecule has 2 aliphatic rings. The summed E-state index contributed by atoms with van der Waals surface area (Å²) in [6.07, 6.45) is 2.21. The molecule has 0 radical (unpaired) electrons. The highest BCUT2D eigenvalue weighted by molar-refractivity contribution is 5.84. The highest BCUT2D eigenvalue weighted by Gasteiger charge is 2.18. The molecule has 0 aliphatic carbocycles. The van der Waals surface area contributed by atoms with Gasteiger partial charge in [0, 0.05) is 26.2 Å². The maximum absolute atomic E-state index is 11.8. The number of guanidine groups is 1. The Morgan fingerprint density at radius 1 is 1.12 bits per heavy atom. The third-order valence-electron chi connectivity index (χ3n) is 3.17. The Morgan fingerprint density at radius 2 is 1.76 bits per heavy atom. The van der Waals surface area contributed by atoms with E-state index in [1.54, 1.807) is 0 Å². The molecule has 2 saturated heterocycles. The average Bonchev–Trinajstić information content (AvgIpc) is 2.90. The Hall–Kier alpha value is -1.30. The summed E-state index contributed by atoms with van der Waals surface area (Å²) in [4.78, 5) is 19.7. The first-order valence-electron chi connectivity index (χ1n) is 6.18. The number of rotatable bonds is 2. The van der Waals surface area contributed by atoms with E-state index < -0.39 is 0 Å². The molecule has 0 aromatic heterocycles. The number of morpholine rings is 1. The molecular weight excluding hydrogens is 220 g/mol. The van der Waals surface area contributed by atoms with Crippen molar-refractivity contribution in [1.82, 2.24) is 9.80 Å². The maximum atomic E-state index is 11.8. The van der Waals surface area contributed by atoms with E-state index in [0.29, 0.717) is 19.2 Å². The zero-order valence-electron chi connectivity index (χ0n) is 10.1. The van der Waals surface area contributed by atoms with E-state index >= 15 is 0 Å². The summed E-state index contributed by atoms with van der Waals surface area (Å²) < 4.78 is 5.23. The standard InChI is InChI=1S/C11H20N4O2/c12-11(15-5-7-17-8-6-15)13-9-10(16)14-3-1-2-4-14/h1-9H2,(H2,12,13). The molecule has 0 atom stereocenters. The van der Waals surface area contributed by atoms with Crippen LogP contribution in [0.4, 0.5) is 0 Å². The van der Waals surface area contributed by atoms with Crippen molar-refractivity contribution in [2.45, 2.75) is 12.8 Å². The van der Waals surface area contributed by atoms with E-state index in [0.717, 1.165) is 39.0 Å². The summed E-state index contributed by atoms with van der Waals surface area (Å²) in [5.41, 5.74) is 5.85. The van der Waals surface area contributed by atoms with Crippen LogP contribution >= 0.6 is 0 Å². The van der Waals surface area contributed by atoms with Crippen LogP contribution < -0.4 is 5.73 Å². The van der Waals surface area contributed by atoms with E-state index in [4.69, 9.17) is 10.5 Å². The molecule has 0 bridgehead atoms. The molecule has 2 rings (SSSR count). The fourth-order valence-electron chi connectivity index (χ4n) is 2.11. The molecule has 2 fully saturated rings. The van der Waals surface area contributed by atoms with E-state index in [1.165, 1.54) is 0 Å². The number of carbonyl (C=O) groups is 1. The molecule has 0 unspecified atom stereocenters. The smallest absolute Gasteiger partial charge is 0.244 e. The molecule has 6 heteroatoms. The summed E-state index contributed by atoms with van der Waals surface area (Å²) in [7, 11) is 0.